The van der Waals surface area contributed by atoms with Gasteiger partial charge in [-0.25, -0.2) is 0 Å². The molecule has 2 N–H and O–H groups in total. The van der Waals surface area contributed by atoms with Gasteiger partial charge in [0.15, 0.2) is 0 Å². The number of nitrogens with one attached hydrogen (secondary N) is 1. The molecule has 0 saturated carbocycles. The fourth-order valence-corrected chi connectivity index (χ4v) is 8.98. The second-order valence-electron chi connectivity index (χ2n) is 21.0. The van der Waals surface area contributed by atoms with Crippen LogP contribution in [0.15, 0.2) is 85.1 Å². The summed E-state index contributed by atoms with van der Waals surface area (Å²) in [5.41, 5.74) is 0. The molecule has 0 aromatic rings. The molecule has 0 aromatic heterocycles. The molecule has 0 aromatic carbocycles. The number of rotatable bonds is 53. The molecule has 9 heteroatoms. The monoisotopic (exact) mass is 1010 g/mol. The Bertz CT molecular complexity index is 1430. The molecule has 0 aliphatic carbocycles. The van der Waals surface area contributed by atoms with E-state index in [4.69, 9.17) is 9.05 Å². The summed E-state index contributed by atoms with van der Waals surface area (Å²) in [5, 5.41) is 13.9. The minimum absolute atomic E-state index is 0.0147. The van der Waals surface area contributed by atoms with E-state index in [2.05, 4.69) is 92.1 Å². The van der Waals surface area contributed by atoms with Crippen molar-refractivity contribution in [1.82, 2.24) is 5.32 Å². The minimum atomic E-state index is -4.62. The zero-order valence-corrected chi connectivity index (χ0v) is 47.8. The number of likely N-dealkylation sites (N-methyl/N-ethyl adjacent to an activating group) is 1. The second-order valence-corrected chi connectivity index (χ2v) is 22.4. The van der Waals surface area contributed by atoms with Gasteiger partial charge in [0, 0.05) is 6.42 Å². The number of quaternary nitrogens is 1. The number of nitrogens with zero attached hydrogens (tertiary/aromatic N) is 1. The lowest BCUT2D eigenvalue weighted by atomic mass is 10.0. The molecular formula is C62H113N2O6P. The molecule has 0 bridgehead atoms. The van der Waals surface area contributed by atoms with Crippen LogP contribution in [0.3, 0.4) is 0 Å². The fourth-order valence-electron chi connectivity index (χ4n) is 8.26. The van der Waals surface area contributed by atoms with E-state index in [-0.39, 0.29) is 12.5 Å². The fraction of sp³-hybridized carbons (Fsp3) is 0.758. The van der Waals surface area contributed by atoms with Crippen LogP contribution < -0.4 is 10.2 Å². The average Bonchev–Trinajstić information content (AvgIpc) is 3.33. The number of phosphoric acid groups is 1. The van der Waals surface area contributed by atoms with Crippen molar-refractivity contribution in [1.29, 1.82) is 0 Å². The molecule has 0 saturated heterocycles. The number of aliphatic hydroxyl groups is 1. The summed E-state index contributed by atoms with van der Waals surface area (Å²) < 4.78 is 23.3. The first kappa shape index (κ1) is 68.7. The highest BCUT2D eigenvalue weighted by Gasteiger charge is 2.23. The van der Waals surface area contributed by atoms with Crippen molar-refractivity contribution in [3.05, 3.63) is 85.1 Å². The smallest absolute Gasteiger partial charge is 0.268 e. The molecular weight excluding hydrogens is 900 g/mol. The Balaban J connectivity index is 4.28. The lowest BCUT2D eigenvalue weighted by Crippen LogP contribution is -2.45. The Labute approximate surface area is 439 Å². The predicted octanol–water partition coefficient (Wildman–Crippen LogP) is 17.4. The lowest BCUT2D eigenvalue weighted by Gasteiger charge is -2.29. The number of hydrogen-bond donors (Lipinski definition) is 2. The minimum Gasteiger partial charge on any atom is -0.756 e. The Morgan fingerprint density at radius 3 is 1.31 bits per heavy atom. The normalized spacial score (nSPS) is 14.5. The van der Waals surface area contributed by atoms with Crippen molar-refractivity contribution in [2.75, 3.05) is 40.9 Å². The van der Waals surface area contributed by atoms with E-state index in [1.54, 1.807) is 6.08 Å². The van der Waals surface area contributed by atoms with Gasteiger partial charge in [0.05, 0.1) is 39.9 Å². The number of unbranched alkanes of at least 4 members (excludes halogenated alkanes) is 28. The Hall–Kier alpha value is -2.32. The zero-order valence-electron chi connectivity index (χ0n) is 46.9. The Morgan fingerprint density at radius 1 is 0.507 bits per heavy atom. The topological polar surface area (TPSA) is 108 Å². The van der Waals surface area contributed by atoms with E-state index in [9.17, 15) is 19.4 Å². The summed E-state index contributed by atoms with van der Waals surface area (Å²) in [5.74, 6) is -0.227. The van der Waals surface area contributed by atoms with Crippen molar-refractivity contribution in [3.63, 3.8) is 0 Å². The van der Waals surface area contributed by atoms with Crippen LogP contribution in [0.2, 0.25) is 0 Å². The maximum Gasteiger partial charge on any atom is 0.268 e. The third-order valence-electron chi connectivity index (χ3n) is 12.8. The van der Waals surface area contributed by atoms with Gasteiger partial charge in [0.1, 0.15) is 13.2 Å². The van der Waals surface area contributed by atoms with E-state index >= 15 is 0 Å². The SMILES string of the molecule is CC/C=C\C/C=C\C/C=C\C/C=C\C/C=C\CCCCCCCC(=O)NC(COP(=O)([O-])OCC[N+](C)(C)C)C(O)/C=C/CC/C=C/CCCCCCCCCCCCCCCCCCCCCCCC. The lowest BCUT2D eigenvalue weighted by molar-refractivity contribution is -0.870. The highest BCUT2D eigenvalue weighted by molar-refractivity contribution is 7.45. The van der Waals surface area contributed by atoms with Crippen LogP contribution in [0.4, 0.5) is 0 Å². The van der Waals surface area contributed by atoms with Crippen LogP contribution in [0.1, 0.15) is 251 Å². The number of hydrogen-bond acceptors (Lipinski definition) is 6. The van der Waals surface area contributed by atoms with Crippen LogP contribution in [-0.2, 0) is 18.4 Å². The van der Waals surface area contributed by atoms with Crippen molar-refractivity contribution in [2.24, 2.45) is 0 Å². The first-order valence-electron chi connectivity index (χ1n) is 29.4. The molecule has 3 unspecified atom stereocenters. The van der Waals surface area contributed by atoms with Crippen molar-refractivity contribution in [3.8, 4) is 0 Å². The molecule has 0 aliphatic heterocycles. The van der Waals surface area contributed by atoms with E-state index in [1.807, 2.05) is 27.2 Å². The van der Waals surface area contributed by atoms with Crippen LogP contribution in [0.5, 0.6) is 0 Å². The standard InChI is InChI=1S/C62H113N2O6P/c1-6-8-10-12-14-16-18-20-22-24-26-28-29-30-31-32-33-34-36-37-39-41-43-45-47-49-51-53-55-61(65)60(59-70-71(67,68)69-58-57-64(3,4)5)63-62(66)56-54-52-50-48-46-44-42-40-38-35-27-25-23-21-19-17-15-13-11-9-7-2/h9,11,15,17,21,23,27,35,40,42,45,47,53,55,60-61,65H,6-8,10,12-14,16,18-20,22,24-26,28-34,36-39,41,43-44,46,48-52,54,56-59H2,1-5H3,(H-,63,66,67,68)/b11-9-,17-15-,23-21-,35-27-,42-40-,47-45+,55-53+. The first-order chi connectivity index (χ1) is 34.5. The van der Waals surface area contributed by atoms with Gasteiger partial charge in [-0.2, -0.15) is 0 Å². The number of carbonyl (C=O) groups excluding carboxylic acids is 1. The van der Waals surface area contributed by atoms with E-state index in [0.29, 0.717) is 17.4 Å². The number of allylic oxidation sites excluding steroid dienone is 13. The van der Waals surface area contributed by atoms with Crippen LogP contribution in [0, 0.1) is 0 Å². The maximum atomic E-state index is 13.0. The van der Waals surface area contributed by atoms with Gasteiger partial charge in [-0.1, -0.05) is 253 Å². The van der Waals surface area contributed by atoms with E-state index < -0.39 is 26.6 Å². The molecule has 0 fully saturated rings. The molecule has 0 spiro atoms. The molecule has 8 nitrogen and oxygen atoms in total. The molecule has 71 heavy (non-hydrogen) atoms. The van der Waals surface area contributed by atoms with E-state index in [1.165, 1.54) is 141 Å². The molecule has 3 atom stereocenters. The van der Waals surface area contributed by atoms with Crippen LogP contribution >= 0.6 is 7.82 Å². The number of amides is 1. The van der Waals surface area contributed by atoms with Crippen molar-refractivity contribution in [2.45, 2.75) is 264 Å². The van der Waals surface area contributed by atoms with Gasteiger partial charge in [-0.3, -0.25) is 9.36 Å². The third-order valence-corrected chi connectivity index (χ3v) is 13.8. The van der Waals surface area contributed by atoms with Crippen LogP contribution in [0.25, 0.3) is 0 Å². The summed E-state index contributed by atoms with van der Waals surface area (Å²) in [4.78, 5) is 25.5. The molecule has 412 valence electrons. The largest absolute Gasteiger partial charge is 0.756 e. The van der Waals surface area contributed by atoms with Crippen molar-refractivity contribution < 1.29 is 32.9 Å². The van der Waals surface area contributed by atoms with Gasteiger partial charge in [0.25, 0.3) is 7.82 Å². The van der Waals surface area contributed by atoms with Crippen LogP contribution in [-0.4, -0.2) is 68.5 Å². The third kappa shape index (κ3) is 55.3. The van der Waals surface area contributed by atoms with Gasteiger partial charge in [-0.15, -0.1) is 0 Å². The quantitative estimate of drug-likeness (QED) is 0.0272. The van der Waals surface area contributed by atoms with Gasteiger partial charge in [0.2, 0.25) is 5.91 Å². The Morgan fingerprint density at radius 2 is 0.873 bits per heavy atom. The first-order valence-corrected chi connectivity index (χ1v) is 30.9. The number of phosphoric ester groups is 1. The summed E-state index contributed by atoms with van der Waals surface area (Å²) in [6.45, 7) is 4.51. The zero-order chi connectivity index (χ0) is 52.0. The summed E-state index contributed by atoms with van der Waals surface area (Å²) in [6, 6.07) is -0.920. The van der Waals surface area contributed by atoms with Crippen molar-refractivity contribution >= 4 is 13.7 Å². The highest BCUT2D eigenvalue weighted by Crippen LogP contribution is 2.38. The number of aliphatic hydroxyl groups excluding tert-OH is 1. The number of carbonyl (C=O) groups is 1. The summed E-state index contributed by atoms with van der Waals surface area (Å²) in [7, 11) is 1.22. The molecule has 0 heterocycles. The highest BCUT2D eigenvalue weighted by atomic mass is 31.2. The predicted molar refractivity (Wildman–Crippen MR) is 307 cm³/mol. The van der Waals surface area contributed by atoms with E-state index in [0.717, 1.165) is 89.9 Å². The molecule has 1 amide bonds. The summed E-state index contributed by atoms with van der Waals surface area (Å²) >= 11 is 0. The molecule has 0 aliphatic rings. The molecule has 0 rings (SSSR count). The summed E-state index contributed by atoms with van der Waals surface area (Å²) in [6.07, 6.45) is 73.9. The van der Waals surface area contributed by atoms with Gasteiger partial charge < -0.3 is 28.8 Å². The second kappa shape index (κ2) is 52.5. The molecule has 0 radical (unpaired) electrons. The van der Waals surface area contributed by atoms with Gasteiger partial charge in [-0.05, 0) is 77.0 Å². The Kier molecular flexibility index (Phi) is 50.8. The van der Waals surface area contributed by atoms with Gasteiger partial charge >= 0.3 is 0 Å². The average molecular weight is 1010 g/mol. The maximum absolute atomic E-state index is 13.0.